The van der Waals surface area contributed by atoms with Crippen LogP contribution in [0.3, 0.4) is 0 Å². The van der Waals surface area contributed by atoms with Gasteiger partial charge in [-0.3, -0.25) is 13.8 Å². The van der Waals surface area contributed by atoms with E-state index in [0.29, 0.717) is 37.7 Å². The molecule has 0 aliphatic carbocycles. The van der Waals surface area contributed by atoms with Crippen LogP contribution in [-0.4, -0.2) is 57.7 Å². The summed E-state index contributed by atoms with van der Waals surface area (Å²) in [6.45, 7) is 10.1. The van der Waals surface area contributed by atoms with Gasteiger partial charge in [-0.1, -0.05) is 0 Å². The van der Waals surface area contributed by atoms with Crippen LogP contribution in [0.1, 0.15) is 30.8 Å². The first-order valence-electron chi connectivity index (χ1n) is 11.5. The molecule has 1 aliphatic heterocycles. The lowest BCUT2D eigenvalue weighted by Crippen LogP contribution is -2.41. The van der Waals surface area contributed by atoms with E-state index in [1.165, 1.54) is 0 Å². The minimum atomic E-state index is -2.59. The highest BCUT2D eigenvalue weighted by Crippen LogP contribution is 2.29. The number of alkyl halides is 2. The van der Waals surface area contributed by atoms with Gasteiger partial charge in [0.25, 0.3) is 6.43 Å². The van der Waals surface area contributed by atoms with Gasteiger partial charge in [-0.15, -0.1) is 0 Å². The van der Waals surface area contributed by atoms with Crippen molar-refractivity contribution in [3.05, 3.63) is 58.0 Å². The maximum absolute atomic E-state index is 13.5. The monoisotopic (exact) mass is 475 g/mol. The second-order valence-corrected chi connectivity index (χ2v) is 8.59. The van der Waals surface area contributed by atoms with Gasteiger partial charge in [0.05, 0.1) is 31.1 Å². The zero-order valence-corrected chi connectivity index (χ0v) is 20.0. The summed E-state index contributed by atoms with van der Waals surface area (Å²) in [7, 11) is 0. The molecule has 8 nitrogen and oxygen atoms in total. The van der Waals surface area contributed by atoms with Crippen LogP contribution in [0.25, 0.3) is 5.69 Å². The Morgan fingerprint density at radius 1 is 1.21 bits per heavy atom. The Kier molecular flexibility index (Phi) is 7.06. The van der Waals surface area contributed by atoms with E-state index in [-0.39, 0.29) is 11.8 Å². The van der Waals surface area contributed by atoms with Crippen LogP contribution >= 0.6 is 0 Å². The minimum Gasteiger partial charge on any atom is -0.487 e. The van der Waals surface area contributed by atoms with Crippen LogP contribution in [0.15, 0.2) is 35.4 Å². The minimum absolute atomic E-state index is 0.0414. The number of rotatable bonds is 8. The number of benzene rings is 1. The van der Waals surface area contributed by atoms with Gasteiger partial charge in [-0.25, -0.2) is 13.6 Å². The van der Waals surface area contributed by atoms with Gasteiger partial charge in [0.15, 0.2) is 0 Å². The van der Waals surface area contributed by atoms with Gasteiger partial charge in [-0.2, -0.15) is 5.10 Å². The van der Waals surface area contributed by atoms with Crippen LogP contribution in [-0.2, 0) is 17.8 Å². The third-order valence-electron chi connectivity index (χ3n) is 6.15. The number of aryl methyl sites for hydroxylation is 1. The van der Waals surface area contributed by atoms with Gasteiger partial charge in [-0.05, 0) is 33.8 Å². The molecule has 1 aliphatic rings. The fraction of sp³-hybridized carbons (Fsp3) is 0.500. The first-order valence-corrected chi connectivity index (χ1v) is 11.5. The highest BCUT2D eigenvalue weighted by atomic mass is 19.3. The second kappa shape index (κ2) is 10.0. The predicted octanol–water partition coefficient (Wildman–Crippen LogP) is 3.39. The predicted molar refractivity (Wildman–Crippen MR) is 126 cm³/mol. The molecular weight excluding hydrogens is 444 g/mol. The molecule has 3 aromatic rings. The Bertz CT molecular complexity index is 1200. The number of anilines is 1. The summed E-state index contributed by atoms with van der Waals surface area (Å²) in [5, 5.41) is 4.29. The Balaban J connectivity index is 1.75. The molecule has 0 amide bonds. The Labute approximate surface area is 197 Å². The summed E-state index contributed by atoms with van der Waals surface area (Å²) >= 11 is 0. The largest absolute Gasteiger partial charge is 0.487 e. The van der Waals surface area contributed by atoms with Gasteiger partial charge < -0.3 is 14.4 Å². The van der Waals surface area contributed by atoms with Crippen molar-refractivity contribution >= 4 is 5.69 Å². The molecule has 0 N–H and O–H groups in total. The highest BCUT2D eigenvalue weighted by molar-refractivity contribution is 5.59. The molecule has 0 radical (unpaired) electrons. The molecule has 1 fully saturated rings. The van der Waals surface area contributed by atoms with E-state index in [1.54, 1.807) is 27.5 Å². The number of imidazole rings is 1. The van der Waals surface area contributed by atoms with Crippen LogP contribution in [0.4, 0.5) is 14.5 Å². The molecule has 2 aromatic heterocycles. The van der Waals surface area contributed by atoms with Crippen molar-refractivity contribution in [2.45, 2.75) is 53.3 Å². The number of morpholine rings is 1. The molecule has 10 heteroatoms. The first kappa shape index (κ1) is 24.0. The SMILES string of the molecule is CCn1cc(Cn2c(C)c(C)n(-c3cc(OCC(F)F)cc(N4CCO[C@H](C)C4)c3)c2=O)cn1. The van der Waals surface area contributed by atoms with Crippen molar-refractivity contribution in [3.8, 4) is 11.4 Å². The van der Waals surface area contributed by atoms with Gasteiger partial charge in [0.1, 0.15) is 12.4 Å². The number of halogens is 2. The van der Waals surface area contributed by atoms with Gasteiger partial charge >= 0.3 is 5.69 Å². The molecule has 3 heterocycles. The van der Waals surface area contributed by atoms with E-state index >= 15 is 0 Å². The second-order valence-electron chi connectivity index (χ2n) is 8.59. The smallest absolute Gasteiger partial charge is 0.333 e. The van der Waals surface area contributed by atoms with Crippen LogP contribution < -0.4 is 15.3 Å². The van der Waals surface area contributed by atoms with Gasteiger partial charge in [0, 0.05) is 60.6 Å². The molecule has 34 heavy (non-hydrogen) atoms. The summed E-state index contributed by atoms with van der Waals surface area (Å²) in [6, 6.07) is 5.29. The van der Waals surface area contributed by atoms with Crippen molar-refractivity contribution in [2.24, 2.45) is 0 Å². The van der Waals surface area contributed by atoms with Crippen molar-refractivity contribution < 1.29 is 18.3 Å². The standard InChI is InChI=1S/C24H31F2N5O3/c1-5-29-13-19(11-27-29)14-30-17(3)18(4)31(24(30)32)21-8-20(28-6-7-33-16(2)12-28)9-22(10-21)34-15-23(25)26/h8-11,13,16,23H,5-7,12,14-15H2,1-4H3/t16-/m1/s1. The number of nitrogens with zero attached hydrogens (tertiary/aromatic N) is 5. The van der Waals surface area contributed by atoms with E-state index in [4.69, 9.17) is 9.47 Å². The average molecular weight is 476 g/mol. The summed E-state index contributed by atoms with van der Waals surface area (Å²) in [6.07, 6.45) is 1.14. The average Bonchev–Trinajstić information content (AvgIpc) is 3.36. The summed E-state index contributed by atoms with van der Waals surface area (Å²) in [5.41, 5.74) is 3.72. The normalized spacial score (nSPS) is 16.4. The van der Waals surface area contributed by atoms with E-state index in [2.05, 4.69) is 10.00 Å². The lowest BCUT2D eigenvalue weighted by atomic mass is 10.2. The molecule has 0 unspecified atom stereocenters. The molecule has 184 valence electrons. The topological polar surface area (TPSA) is 66.4 Å². The van der Waals surface area contributed by atoms with Crippen LogP contribution in [0.5, 0.6) is 5.75 Å². The Morgan fingerprint density at radius 3 is 2.65 bits per heavy atom. The molecule has 4 rings (SSSR count). The molecule has 1 aromatic carbocycles. The fourth-order valence-corrected chi connectivity index (χ4v) is 4.27. The molecule has 0 saturated carbocycles. The molecule has 1 atom stereocenters. The number of ether oxygens (including phenoxy) is 2. The fourth-order valence-electron chi connectivity index (χ4n) is 4.27. The van der Waals surface area contributed by atoms with Gasteiger partial charge in [0.2, 0.25) is 0 Å². The zero-order chi connectivity index (χ0) is 24.4. The summed E-state index contributed by atoms with van der Waals surface area (Å²) in [4.78, 5) is 15.6. The third kappa shape index (κ3) is 5.01. The third-order valence-corrected chi connectivity index (χ3v) is 6.15. The zero-order valence-electron chi connectivity index (χ0n) is 20.0. The van der Waals surface area contributed by atoms with Crippen molar-refractivity contribution in [1.82, 2.24) is 18.9 Å². The number of aromatic nitrogens is 4. The van der Waals surface area contributed by atoms with Crippen molar-refractivity contribution in [3.63, 3.8) is 0 Å². The van der Waals surface area contributed by atoms with Crippen LogP contribution in [0, 0.1) is 13.8 Å². The quantitative estimate of drug-likeness (QED) is 0.500. The molecular formula is C24H31F2N5O3. The van der Waals surface area contributed by atoms with Crippen molar-refractivity contribution in [2.75, 3.05) is 31.2 Å². The first-order chi connectivity index (χ1) is 16.3. The summed E-state index contributed by atoms with van der Waals surface area (Å²) in [5.74, 6) is 0.299. The van der Waals surface area contributed by atoms with E-state index < -0.39 is 13.0 Å². The molecule has 0 spiro atoms. The summed E-state index contributed by atoms with van der Waals surface area (Å²) < 4.78 is 41.9. The maximum atomic E-state index is 13.5. The molecule has 1 saturated heterocycles. The van der Waals surface area contributed by atoms with E-state index in [1.807, 2.05) is 44.6 Å². The van der Waals surface area contributed by atoms with E-state index in [9.17, 15) is 13.6 Å². The molecule has 0 bridgehead atoms. The van der Waals surface area contributed by atoms with E-state index in [0.717, 1.165) is 29.2 Å². The lowest BCUT2D eigenvalue weighted by Gasteiger charge is -2.33. The number of hydrogen-bond donors (Lipinski definition) is 0. The number of hydrogen-bond acceptors (Lipinski definition) is 5. The maximum Gasteiger partial charge on any atom is 0.333 e. The Morgan fingerprint density at radius 2 is 1.97 bits per heavy atom. The lowest BCUT2D eigenvalue weighted by molar-refractivity contribution is 0.0532. The van der Waals surface area contributed by atoms with Crippen molar-refractivity contribution in [1.29, 1.82) is 0 Å². The van der Waals surface area contributed by atoms with Crippen LogP contribution in [0.2, 0.25) is 0 Å². The Hall–Kier alpha value is -3.14. The highest BCUT2D eigenvalue weighted by Gasteiger charge is 2.21.